The number of thiophene rings is 1. The minimum Gasteiger partial charge on any atom is -0.491 e. The van der Waals surface area contributed by atoms with Crippen LogP contribution in [0.5, 0.6) is 11.5 Å². The maximum absolute atomic E-state index is 11.2. The van der Waals surface area contributed by atoms with Crippen molar-refractivity contribution in [2.75, 3.05) is 20.3 Å². The molecule has 37 heavy (non-hydrogen) atoms. The Kier molecular flexibility index (Phi) is 8.84. The fourth-order valence-electron chi connectivity index (χ4n) is 4.26. The molecule has 0 spiro atoms. The van der Waals surface area contributed by atoms with Gasteiger partial charge in [-0.15, -0.1) is 17.3 Å². The number of carboxylic acids is 1. The summed E-state index contributed by atoms with van der Waals surface area (Å²) in [7, 11) is 1.67. The van der Waals surface area contributed by atoms with Crippen molar-refractivity contribution in [2.24, 2.45) is 0 Å². The summed E-state index contributed by atoms with van der Waals surface area (Å²) < 4.78 is 18.5. The highest BCUT2D eigenvalue weighted by molar-refractivity contribution is 7.17. The van der Waals surface area contributed by atoms with Gasteiger partial charge >= 0.3 is 5.97 Å². The molecule has 1 heterocycles. The van der Waals surface area contributed by atoms with Crippen LogP contribution in [0.1, 0.15) is 36.0 Å². The van der Waals surface area contributed by atoms with Gasteiger partial charge in [-0.2, -0.15) is 0 Å². The highest BCUT2D eigenvalue weighted by Crippen LogP contribution is 2.41. The molecule has 0 aliphatic rings. The molecule has 0 radical (unpaired) electrons. The lowest BCUT2D eigenvalue weighted by atomic mass is 9.96. The van der Waals surface area contributed by atoms with E-state index in [9.17, 15) is 4.79 Å². The third-order valence-corrected chi connectivity index (χ3v) is 7.04. The van der Waals surface area contributed by atoms with Gasteiger partial charge < -0.3 is 19.3 Å². The largest absolute Gasteiger partial charge is 0.491 e. The fraction of sp³-hybridized carbons (Fsp3) is 0.258. The Labute approximate surface area is 221 Å². The van der Waals surface area contributed by atoms with Crippen LogP contribution in [-0.2, 0) is 16.1 Å². The van der Waals surface area contributed by atoms with E-state index in [4.69, 9.17) is 19.3 Å². The molecule has 0 aliphatic heterocycles. The molecular formula is C31H30O5S. The second-order valence-electron chi connectivity index (χ2n) is 8.67. The van der Waals surface area contributed by atoms with Crippen molar-refractivity contribution < 1.29 is 24.1 Å². The Morgan fingerprint density at radius 3 is 2.59 bits per heavy atom. The highest BCUT2D eigenvalue weighted by atomic mass is 32.1. The number of methoxy groups -OCH3 is 1. The summed E-state index contributed by atoms with van der Waals surface area (Å²) in [5.74, 6) is 6.18. The Morgan fingerprint density at radius 2 is 1.86 bits per heavy atom. The van der Waals surface area contributed by atoms with Crippen LogP contribution >= 0.6 is 11.3 Å². The molecule has 1 atom stereocenters. The smallest absolute Gasteiger partial charge is 0.304 e. The number of benzene rings is 3. The Hall–Kier alpha value is -3.79. The molecule has 1 N–H and O–H groups in total. The summed E-state index contributed by atoms with van der Waals surface area (Å²) in [4.78, 5) is 11.2. The quantitative estimate of drug-likeness (QED) is 0.171. The minimum atomic E-state index is -0.865. The number of hydrogen-bond donors (Lipinski definition) is 1. The molecule has 190 valence electrons. The first-order chi connectivity index (χ1) is 18.0. The van der Waals surface area contributed by atoms with Gasteiger partial charge in [-0.1, -0.05) is 36.3 Å². The molecule has 5 nitrogen and oxygen atoms in total. The van der Waals surface area contributed by atoms with Crippen molar-refractivity contribution in [3.63, 3.8) is 0 Å². The van der Waals surface area contributed by atoms with Gasteiger partial charge in [0.15, 0.2) is 0 Å². The standard InChI is InChI=1S/C31H30O5S/c1-4-6-24(18-30(32)33)23-10-12-25(13-11-23)36-19-22-9-14-29-26(17-22)27(20-37-29)31-21(2)7-5-8-28(31)35-16-15-34-3/h5,7-14,17,20,24H,15-16,18-19H2,1-3H3,(H,32,33). The zero-order chi connectivity index (χ0) is 26.2. The van der Waals surface area contributed by atoms with Crippen LogP contribution < -0.4 is 9.47 Å². The molecule has 4 aromatic rings. The van der Waals surface area contributed by atoms with Crippen molar-refractivity contribution in [1.82, 2.24) is 0 Å². The van der Waals surface area contributed by atoms with Gasteiger partial charge in [0.2, 0.25) is 0 Å². The molecule has 0 fully saturated rings. The summed E-state index contributed by atoms with van der Waals surface area (Å²) >= 11 is 1.72. The summed E-state index contributed by atoms with van der Waals surface area (Å²) in [6, 6.07) is 20.0. The zero-order valence-corrected chi connectivity index (χ0v) is 22.1. The van der Waals surface area contributed by atoms with Crippen LogP contribution in [0.2, 0.25) is 0 Å². The summed E-state index contributed by atoms with van der Waals surface area (Å²) in [6.45, 7) is 5.27. The molecule has 1 unspecified atom stereocenters. The Balaban J connectivity index is 1.53. The van der Waals surface area contributed by atoms with E-state index in [-0.39, 0.29) is 12.3 Å². The molecule has 0 saturated heterocycles. The van der Waals surface area contributed by atoms with Gasteiger partial charge in [0.25, 0.3) is 0 Å². The third-order valence-electron chi connectivity index (χ3n) is 6.07. The van der Waals surface area contributed by atoms with E-state index < -0.39 is 5.97 Å². The molecule has 0 bridgehead atoms. The number of aryl methyl sites for hydroxylation is 1. The average molecular weight is 515 g/mol. The molecule has 1 aromatic heterocycles. The van der Waals surface area contributed by atoms with Gasteiger partial charge in [-0.3, -0.25) is 4.79 Å². The van der Waals surface area contributed by atoms with Crippen LogP contribution in [0.25, 0.3) is 21.2 Å². The maximum atomic E-state index is 11.2. The first-order valence-corrected chi connectivity index (χ1v) is 13.0. The van der Waals surface area contributed by atoms with E-state index >= 15 is 0 Å². The van der Waals surface area contributed by atoms with Gasteiger partial charge in [-0.25, -0.2) is 0 Å². The molecule has 4 rings (SSSR count). The maximum Gasteiger partial charge on any atom is 0.304 e. The van der Waals surface area contributed by atoms with Gasteiger partial charge in [0, 0.05) is 28.3 Å². The van der Waals surface area contributed by atoms with Gasteiger partial charge in [0.1, 0.15) is 24.7 Å². The number of carbonyl (C=O) groups is 1. The van der Waals surface area contributed by atoms with Crippen LogP contribution in [0.3, 0.4) is 0 Å². The van der Waals surface area contributed by atoms with E-state index in [1.807, 2.05) is 36.4 Å². The molecule has 6 heteroatoms. The lowest BCUT2D eigenvalue weighted by molar-refractivity contribution is -0.137. The average Bonchev–Trinajstić information content (AvgIpc) is 3.30. The Morgan fingerprint density at radius 1 is 1.05 bits per heavy atom. The molecule has 0 amide bonds. The van der Waals surface area contributed by atoms with Crippen LogP contribution in [0.4, 0.5) is 0 Å². The van der Waals surface area contributed by atoms with Crippen molar-refractivity contribution in [3.05, 3.63) is 82.7 Å². The second kappa shape index (κ2) is 12.4. The van der Waals surface area contributed by atoms with Crippen LogP contribution in [-0.4, -0.2) is 31.4 Å². The fourth-order valence-corrected chi connectivity index (χ4v) is 5.20. The van der Waals surface area contributed by atoms with E-state index in [0.29, 0.717) is 19.8 Å². The molecule has 0 aliphatic carbocycles. The topological polar surface area (TPSA) is 65.0 Å². The van der Waals surface area contributed by atoms with Crippen molar-refractivity contribution in [2.45, 2.75) is 32.8 Å². The SMILES string of the molecule is CC#CC(CC(=O)O)c1ccc(OCc2ccc3scc(-c4c(C)cccc4OCCOC)c3c2)cc1. The van der Waals surface area contributed by atoms with E-state index in [1.165, 1.54) is 10.1 Å². The van der Waals surface area contributed by atoms with E-state index in [2.05, 4.69) is 48.4 Å². The monoisotopic (exact) mass is 514 g/mol. The lowest BCUT2D eigenvalue weighted by Crippen LogP contribution is -2.05. The molecule has 0 saturated carbocycles. The number of aliphatic carboxylic acids is 1. The Bertz CT molecular complexity index is 1430. The number of rotatable bonds is 11. The number of hydrogen-bond acceptors (Lipinski definition) is 5. The van der Waals surface area contributed by atoms with Crippen molar-refractivity contribution in [3.8, 4) is 34.5 Å². The summed E-state index contributed by atoms with van der Waals surface area (Å²) in [6.07, 6.45) is -0.0238. The normalized spacial score (nSPS) is 11.5. The summed E-state index contributed by atoms with van der Waals surface area (Å²) in [5, 5.41) is 12.5. The zero-order valence-electron chi connectivity index (χ0n) is 21.2. The predicted molar refractivity (Wildman–Crippen MR) is 149 cm³/mol. The number of fused-ring (bicyclic) bond motifs is 1. The van der Waals surface area contributed by atoms with Gasteiger partial charge in [0.05, 0.1) is 18.9 Å². The van der Waals surface area contributed by atoms with Gasteiger partial charge in [-0.05, 0) is 66.2 Å². The highest BCUT2D eigenvalue weighted by Gasteiger charge is 2.16. The molecular weight excluding hydrogens is 484 g/mol. The first kappa shape index (κ1) is 26.3. The third kappa shape index (κ3) is 6.51. The summed E-state index contributed by atoms with van der Waals surface area (Å²) in [5.41, 5.74) is 5.34. The van der Waals surface area contributed by atoms with Crippen molar-refractivity contribution in [1.29, 1.82) is 0 Å². The van der Waals surface area contributed by atoms with E-state index in [1.54, 1.807) is 25.4 Å². The van der Waals surface area contributed by atoms with Crippen molar-refractivity contribution >= 4 is 27.4 Å². The van der Waals surface area contributed by atoms with E-state index in [0.717, 1.165) is 39.3 Å². The molecule has 3 aromatic carbocycles. The van der Waals surface area contributed by atoms with Crippen LogP contribution in [0, 0.1) is 18.8 Å². The number of ether oxygens (including phenoxy) is 3. The second-order valence-corrected chi connectivity index (χ2v) is 9.58. The predicted octanol–water partition coefficient (Wildman–Crippen LogP) is 7.06. The lowest BCUT2D eigenvalue weighted by Gasteiger charge is -2.14. The number of carboxylic acid groups (broad SMARTS) is 1. The minimum absolute atomic E-state index is 0.0238. The van der Waals surface area contributed by atoms with Crippen LogP contribution in [0.15, 0.2) is 66.0 Å². The first-order valence-electron chi connectivity index (χ1n) is 12.1.